The third-order valence-electron chi connectivity index (χ3n) is 3.22. The van der Waals surface area contributed by atoms with Gasteiger partial charge in [0.25, 0.3) is 0 Å². The van der Waals surface area contributed by atoms with Crippen LogP contribution in [-0.2, 0) is 9.53 Å². The second-order valence-corrected chi connectivity index (χ2v) is 5.46. The molecule has 24 heavy (non-hydrogen) atoms. The van der Waals surface area contributed by atoms with Crippen molar-refractivity contribution in [3.63, 3.8) is 0 Å². The van der Waals surface area contributed by atoms with Gasteiger partial charge in [-0.1, -0.05) is 42.5 Å². The van der Waals surface area contributed by atoms with E-state index in [1.807, 2.05) is 24.3 Å². The van der Waals surface area contributed by atoms with Gasteiger partial charge in [-0.25, -0.2) is 9.79 Å². The Labute approximate surface area is 144 Å². The normalized spacial score (nSPS) is 15.1. The van der Waals surface area contributed by atoms with Crippen LogP contribution in [0.25, 0.3) is 6.08 Å². The third-order valence-corrected chi connectivity index (χ3v) is 3.46. The SMILES string of the molecule is C=CCOc1cccc(C=C2N=C(c3cccc(Cl)c3)OC2=O)c1. The van der Waals surface area contributed by atoms with Crippen molar-refractivity contribution in [3.05, 3.63) is 83.0 Å². The second kappa shape index (κ2) is 7.15. The number of benzene rings is 2. The van der Waals surface area contributed by atoms with Crippen LogP contribution >= 0.6 is 11.6 Å². The van der Waals surface area contributed by atoms with Gasteiger partial charge in [0.2, 0.25) is 5.90 Å². The molecular weight excluding hydrogens is 326 g/mol. The van der Waals surface area contributed by atoms with Crippen molar-refractivity contribution < 1.29 is 14.3 Å². The average Bonchev–Trinajstić information content (AvgIpc) is 2.94. The molecule has 1 aliphatic rings. The fourth-order valence-corrected chi connectivity index (χ4v) is 2.35. The van der Waals surface area contributed by atoms with Crippen LogP contribution in [0.5, 0.6) is 5.75 Å². The highest BCUT2D eigenvalue weighted by Gasteiger charge is 2.24. The number of cyclic esters (lactones) is 1. The molecule has 120 valence electrons. The molecule has 0 atom stereocenters. The second-order valence-electron chi connectivity index (χ2n) is 5.02. The van der Waals surface area contributed by atoms with Crippen LogP contribution in [0, 0.1) is 0 Å². The minimum Gasteiger partial charge on any atom is -0.490 e. The number of hydrogen-bond acceptors (Lipinski definition) is 4. The lowest BCUT2D eigenvalue weighted by molar-refractivity contribution is -0.129. The van der Waals surface area contributed by atoms with Crippen molar-refractivity contribution in [1.29, 1.82) is 0 Å². The number of carbonyl (C=O) groups excluding carboxylic acids is 1. The van der Waals surface area contributed by atoms with E-state index in [-0.39, 0.29) is 11.6 Å². The Morgan fingerprint density at radius 1 is 1.21 bits per heavy atom. The zero-order valence-corrected chi connectivity index (χ0v) is 13.5. The summed E-state index contributed by atoms with van der Waals surface area (Å²) < 4.78 is 10.7. The van der Waals surface area contributed by atoms with E-state index in [0.29, 0.717) is 22.9 Å². The number of esters is 1. The molecule has 2 aromatic carbocycles. The summed E-state index contributed by atoms with van der Waals surface area (Å²) >= 11 is 5.95. The molecule has 1 aliphatic heterocycles. The third kappa shape index (κ3) is 3.73. The molecule has 0 spiro atoms. The Morgan fingerprint density at radius 2 is 2.04 bits per heavy atom. The Kier molecular flexibility index (Phi) is 4.77. The lowest BCUT2D eigenvalue weighted by atomic mass is 10.2. The van der Waals surface area contributed by atoms with Crippen LogP contribution in [0.2, 0.25) is 5.02 Å². The largest absolute Gasteiger partial charge is 0.490 e. The molecule has 0 saturated carbocycles. The van der Waals surface area contributed by atoms with Crippen molar-refractivity contribution in [3.8, 4) is 5.75 Å². The summed E-state index contributed by atoms with van der Waals surface area (Å²) in [6.45, 7) is 4.03. The van der Waals surface area contributed by atoms with E-state index < -0.39 is 5.97 Å². The summed E-state index contributed by atoms with van der Waals surface area (Å²) in [5, 5.41) is 0.552. The van der Waals surface area contributed by atoms with Crippen molar-refractivity contribution in [2.45, 2.75) is 0 Å². The first-order valence-corrected chi connectivity index (χ1v) is 7.66. The molecule has 0 radical (unpaired) electrons. The van der Waals surface area contributed by atoms with Gasteiger partial charge < -0.3 is 9.47 Å². The van der Waals surface area contributed by atoms with Crippen molar-refractivity contribution in [2.75, 3.05) is 6.61 Å². The Morgan fingerprint density at radius 3 is 2.83 bits per heavy atom. The molecule has 0 unspecified atom stereocenters. The number of hydrogen-bond donors (Lipinski definition) is 0. The highest BCUT2D eigenvalue weighted by Crippen LogP contribution is 2.22. The Bertz CT molecular complexity index is 855. The minimum atomic E-state index is -0.498. The van der Waals surface area contributed by atoms with Crippen LogP contribution in [0.1, 0.15) is 11.1 Å². The molecule has 0 aromatic heterocycles. The maximum Gasteiger partial charge on any atom is 0.363 e. The molecule has 0 aliphatic carbocycles. The standard InChI is InChI=1S/C19H14ClNO3/c1-2-9-23-16-8-3-5-13(10-16)11-17-19(22)24-18(21-17)14-6-4-7-15(20)12-14/h2-8,10-12H,1,9H2. The maximum absolute atomic E-state index is 12.0. The quantitative estimate of drug-likeness (QED) is 0.465. The van der Waals surface area contributed by atoms with E-state index in [2.05, 4.69) is 11.6 Å². The van der Waals surface area contributed by atoms with Gasteiger partial charge >= 0.3 is 5.97 Å². The molecule has 4 nitrogen and oxygen atoms in total. The number of carbonyl (C=O) groups is 1. The molecular formula is C19H14ClNO3. The Hall–Kier alpha value is -2.85. The van der Waals surface area contributed by atoms with Gasteiger partial charge in [0.05, 0.1) is 0 Å². The summed E-state index contributed by atoms with van der Waals surface area (Å²) in [6, 6.07) is 14.3. The smallest absolute Gasteiger partial charge is 0.363 e. The Balaban J connectivity index is 1.87. The molecule has 0 saturated heterocycles. The summed E-state index contributed by atoms with van der Waals surface area (Å²) in [5.41, 5.74) is 1.67. The fourth-order valence-electron chi connectivity index (χ4n) is 2.16. The van der Waals surface area contributed by atoms with Crippen LogP contribution in [0.4, 0.5) is 0 Å². The van der Waals surface area contributed by atoms with Crippen LogP contribution in [-0.4, -0.2) is 18.5 Å². The van der Waals surface area contributed by atoms with Gasteiger partial charge in [-0.3, -0.25) is 0 Å². The maximum atomic E-state index is 12.0. The average molecular weight is 340 g/mol. The van der Waals surface area contributed by atoms with Gasteiger partial charge in [0.1, 0.15) is 12.4 Å². The van der Waals surface area contributed by atoms with Crippen molar-refractivity contribution >= 4 is 29.5 Å². The molecule has 0 N–H and O–H groups in total. The zero-order valence-electron chi connectivity index (χ0n) is 12.7. The predicted molar refractivity (Wildman–Crippen MR) is 94.2 cm³/mol. The predicted octanol–water partition coefficient (Wildman–Crippen LogP) is 4.25. The lowest BCUT2D eigenvalue weighted by Crippen LogP contribution is -2.05. The van der Waals surface area contributed by atoms with Crippen LogP contribution in [0.15, 0.2) is 71.9 Å². The molecule has 1 heterocycles. The van der Waals surface area contributed by atoms with Crippen LogP contribution < -0.4 is 4.74 Å². The number of aliphatic imine (C=N–C) groups is 1. The van der Waals surface area contributed by atoms with Gasteiger partial charge in [0.15, 0.2) is 5.70 Å². The van der Waals surface area contributed by atoms with Crippen molar-refractivity contribution in [2.24, 2.45) is 4.99 Å². The van der Waals surface area contributed by atoms with Crippen molar-refractivity contribution in [1.82, 2.24) is 0 Å². The summed E-state index contributed by atoms with van der Waals surface area (Å²) in [5.74, 6) is 0.435. The number of halogens is 1. The molecule has 0 bridgehead atoms. The highest BCUT2D eigenvalue weighted by molar-refractivity contribution is 6.31. The summed E-state index contributed by atoms with van der Waals surface area (Å²) in [4.78, 5) is 16.3. The fraction of sp³-hybridized carbons (Fsp3) is 0.0526. The number of ether oxygens (including phenoxy) is 2. The topological polar surface area (TPSA) is 47.9 Å². The number of rotatable bonds is 5. The molecule has 0 fully saturated rings. The molecule has 5 heteroatoms. The van der Waals surface area contributed by atoms with Gasteiger partial charge in [0, 0.05) is 10.6 Å². The van der Waals surface area contributed by atoms with Crippen LogP contribution in [0.3, 0.4) is 0 Å². The van der Waals surface area contributed by atoms with E-state index in [4.69, 9.17) is 21.1 Å². The van der Waals surface area contributed by atoms with E-state index in [1.165, 1.54) is 0 Å². The molecule has 2 aromatic rings. The lowest BCUT2D eigenvalue weighted by Gasteiger charge is -2.03. The molecule has 3 rings (SSSR count). The van der Waals surface area contributed by atoms with Gasteiger partial charge in [-0.15, -0.1) is 0 Å². The summed E-state index contributed by atoms with van der Waals surface area (Å²) in [6.07, 6.45) is 3.32. The summed E-state index contributed by atoms with van der Waals surface area (Å²) in [7, 11) is 0. The zero-order chi connectivity index (χ0) is 16.9. The van der Waals surface area contributed by atoms with E-state index in [1.54, 1.807) is 36.4 Å². The first kappa shape index (κ1) is 16.0. The van der Waals surface area contributed by atoms with E-state index >= 15 is 0 Å². The van der Waals surface area contributed by atoms with E-state index in [9.17, 15) is 4.79 Å². The van der Waals surface area contributed by atoms with E-state index in [0.717, 1.165) is 5.56 Å². The monoisotopic (exact) mass is 339 g/mol. The molecule has 0 amide bonds. The first-order valence-electron chi connectivity index (χ1n) is 7.28. The number of nitrogens with zero attached hydrogens (tertiary/aromatic N) is 1. The minimum absolute atomic E-state index is 0.228. The van der Waals surface area contributed by atoms with Gasteiger partial charge in [-0.05, 0) is 42.0 Å². The highest BCUT2D eigenvalue weighted by atomic mass is 35.5. The van der Waals surface area contributed by atoms with Gasteiger partial charge in [-0.2, -0.15) is 0 Å². The first-order chi connectivity index (χ1) is 11.7.